The standard InChI is InChI=1S/C25H27Cl2NO3/c1-17(2)12-13-25(24(29)30,18(3)14-23(26)27)22(16-28)19-8-7-11-21(15-19)31-20-9-5-4-6-10-20/h4-11,14-15,17-18,22H,12-13H2,1-3H3,(H,29,30). The molecule has 31 heavy (non-hydrogen) atoms. The number of allylic oxidation sites excluding steroid dienone is 1. The molecular formula is C25H27Cl2NO3. The zero-order chi connectivity index (χ0) is 23.0. The van der Waals surface area contributed by atoms with Crippen LogP contribution in [0, 0.1) is 28.6 Å². The van der Waals surface area contributed by atoms with Gasteiger partial charge in [-0.2, -0.15) is 5.26 Å². The number of carboxylic acid groups (broad SMARTS) is 1. The Labute approximate surface area is 194 Å². The van der Waals surface area contributed by atoms with Crippen molar-refractivity contribution < 1.29 is 14.6 Å². The van der Waals surface area contributed by atoms with Crippen molar-refractivity contribution in [3.8, 4) is 17.6 Å². The minimum absolute atomic E-state index is 0.0134. The molecular weight excluding hydrogens is 433 g/mol. The molecule has 0 spiro atoms. The van der Waals surface area contributed by atoms with Gasteiger partial charge in [0.2, 0.25) is 0 Å². The van der Waals surface area contributed by atoms with E-state index < -0.39 is 23.2 Å². The number of aliphatic carboxylic acids is 1. The van der Waals surface area contributed by atoms with Gasteiger partial charge in [-0.25, -0.2) is 0 Å². The third-order valence-corrected chi connectivity index (χ3v) is 5.79. The number of para-hydroxylation sites is 1. The van der Waals surface area contributed by atoms with E-state index in [1.54, 1.807) is 31.2 Å². The van der Waals surface area contributed by atoms with Gasteiger partial charge in [0.25, 0.3) is 0 Å². The van der Waals surface area contributed by atoms with Gasteiger partial charge in [-0.05, 0) is 54.5 Å². The molecule has 0 bridgehead atoms. The Bertz CT molecular complexity index is 949. The highest BCUT2D eigenvalue weighted by atomic mass is 35.5. The predicted molar refractivity (Wildman–Crippen MR) is 124 cm³/mol. The molecule has 6 heteroatoms. The molecule has 2 aromatic rings. The van der Waals surface area contributed by atoms with Crippen molar-refractivity contribution in [2.24, 2.45) is 17.3 Å². The zero-order valence-electron chi connectivity index (χ0n) is 17.9. The topological polar surface area (TPSA) is 70.3 Å². The van der Waals surface area contributed by atoms with E-state index in [2.05, 4.69) is 6.07 Å². The molecule has 2 aromatic carbocycles. The lowest BCUT2D eigenvalue weighted by Crippen LogP contribution is -2.42. The maximum atomic E-state index is 12.7. The van der Waals surface area contributed by atoms with E-state index in [0.29, 0.717) is 29.9 Å². The summed E-state index contributed by atoms with van der Waals surface area (Å²) in [6.07, 6.45) is 2.45. The number of hydrogen-bond acceptors (Lipinski definition) is 3. The fraction of sp³-hybridized carbons (Fsp3) is 0.360. The van der Waals surface area contributed by atoms with Gasteiger partial charge in [-0.1, -0.05) is 80.4 Å². The second kappa shape index (κ2) is 11.2. The molecule has 0 saturated heterocycles. The van der Waals surface area contributed by atoms with Crippen LogP contribution in [0.2, 0.25) is 0 Å². The maximum absolute atomic E-state index is 12.7. The van der Waals surface area contributed by atoms with Gasteiger partial charge in [0.1, 0.15) is 16.0 Å². The Morgan fingerprint density at radius 2 is 1.77 bits per heavy atom. The fourth-order valence-corrected chi connectivity index (χ4v) is 4.17. The van der Waals surface area contributed by atoms with Gasteiger partial charge in [0.15, 0.2) is 0 Å². The highest BCUT2D eigenvalue weighted by Crippen LogP contribution is 2.48. The van der Waals surface area contributed by atoms with Crippen molar-refractivity contribution in [2.75, 3.05) is 0 Å². The molecule has 0 amide bonds. The summed E-state index contributed by atoms with van der Waals surface area (Å²) < 4.78 is 5.89. The average Bonchev–Trinajstić information content (AvgIpc) is 2.71. The lowest BCUT2D eigenvalue weighted by atomic mass is 9.62. The lowest BCUT2D eigenvalue weighted by molar-refractivity contribution is -0.153. The second-order valence-corrected chi connectivity index (χ2v) is 9.08. The van der Waals surface area contributed by atoms with Gasteiger partial charge < -0.3 is 9.84 Å². The van der Waals surface area contributed by atoms with Crippen LogP contribution in [0.4, 0.5) is 0 Å². The summed E-state index contributed by atoms with van der Waals surface area (Å²) in [5.74, 6) is -1.09. The first-order chi connectivity index (χ1) is 14.7. The van der Waals surface area contributed by atoms with Crippen molar-refractivity contribution >= 4 is 29.2 Å². The molecule has 0 fully saturated rings. The molecule has 0 saturated carbocycles. The number of carboxylic acids is 1. The molecule has 0 aliphatic heterocycles. The summed E-state index contributed by atoms with van der Waals surface area (Å²) in [4.78, 5) is 12.7. The number of nitrogens with zero attached hydrogens (tertiary/aromatic N) is 1. The highest BCUT2D eigenvalue weighted by molar-refractivity contribution is 6.55. The summed E-state index contributed by atoms with van der Waals surface area (Å²) in [6.45, 7) is 5.79. The van der Waals surface area contributed by atoms with Crippen molar-refractivity contribution in [1.82, 2.24) is 0 Å². The van der Waals surface area contributed by atoms with Crippen molar-refractivity contribution in [2.45, 2.75) is 39.5 Å². The lowest BCUT2D eigenvalue weighted by Gasteiger charge is -2.38. The van der Waals surface area contributed by atoms with Crippen LogP contribution in [-0.2, 0) is 4.79 Å². The molecule has 0 aliphatic carbocycles. The number of rotatable bonds is 10. The van der Waals surface area contributed by atoms with Gasteiger partial charge >= 0.3 is 5.97 Å². The predicted octanol–water partition coefficient (Wildman–Crippen LogP) is 7.55. The molecule has 0 aromatic heterocycles. The first-order valence-corrected chi connectivity index (χ1v) is 10.9. The maximum Gasteiger partial charge on any atom is 0.311 e. The van der Waals surface area contributed by atoms with Gasteiger partial charge in [-0.15, -0.1) is 0 Å². The molecule has 3 atom stereocenters. The Morgan fingerprint density at radius 1 is 1.13 bits per heavy atom. The van der Waals surface area contributed by atoms with E-state index in [1.165, 1.54) is 6.08 Å². The van der Waals surface area contributed by atoms with Gasteiger partial charge in [0.05, 0.1) is 17.4 Å². The van der Waals surface area contributed by atoms with Gasteiger partial charge in [-0.3, -0.25) is 4.79 Å². The summed E-state index contributed by atoms with van der Waals surface area (Å²) >= 11 is 11.8. The molecule has 4 nitrogen and oxygen atoms in total. The minimum atomic E-state index is -1.40. The summed E-state index contributed by atoms with van der Waals surface area (Å²) in [5, 5.41) is 20.5. The Hall–Kier alpha value is -2.48. The van der Waals surface area contributed by atoms with Crippen molar-refractivity contribution in [3.05, 3.63) is 70.7 Å². The normalized spacial score (nSPS) is 14.7. The first kappa shape index (κ1) is 24.8. The summed E-state index contributed by atoms with van der Waals surface area (Å²) in [5.41, 5.74) is -0.826. The van der Waals surface area contributed by atoms with Crippen LogP contribution in [0.25, 0.3) is 0 Å². The number of carbonyl (C=O) groups is 1. The smallest absolute Gasteiger partial charge is 0.311 e. The highest BCUT2D eigenvalue weighted by Gasteiger charge is 2.50. The van der Waals surface area contributed by atoms with E-state index in [0.717, 1.165) is 0 Å². The quantitative estimate of drug-likeness (QED) is 0.397. The third-order valence-electron chi connectivity index (χ3n) is 5.54. The van der Waals surface area contributed by atoms with Crippen LogP contribution in [-0.4, -0.2) is 11.1 Å². The summed E-state index contributed by atoms with van der Waals surface area (Å²) in [7, 11) is 0. The van der Waals surface area contributed by atoms with E-state index in [-0.39, 0.29) is 10.4 Å². The molecule has 0 aliphatic rings. The SMILES string of the molecule is CC(C)CCC(C(=O)O)(C(C)C=C(Cl)Cl)C(C#N)c1cccc(Oc2ccccc2)c1. The Balaban J connectivity index is 2.54. The van der Waals surface area contributed by atoms with E-state index in [4.69, 9.17) is 27.9 Å². The molecule has 3 unspecified atom stereocenters. The largest absolute Gasteiger partial charge is 0.481 e. The Kier molecular flexibility index (Phi) is 8.98. The summed E-state index contributed by atoms with van der Waals surface area (Å²) in [6, 6.07) is 18.6. The van der Waals surface area contributed by atoms with Crippen LogP contribution in [0.15, 0.2) is 65.2 Å². The van der Waals surface area contributed by atoms with E-state index in [1.807, 2.05) is 44.2 Å². The van der Waals surface area contributed by atoms with E-state index in [9.17, 15) is 15.2 Å². The third kappa shape index (κ3) is 6.26. The molecule has 0 radical (unpaired) electrons. The fourth-order valence-electron chi connectivity index (χ4n) is 3.79. The van der Waals surface area contributed by atoms with Crippen LogP contribution in [0.3, 0.4) is 0 Å². The first-order valence-electron chi connectivity index (χ1n) is 10.2. The number of benzene rings is 2. The van der Waals surface area contributed by atoms with Crippen LogP contribution >= 0.6 is 23.2 Å². The van der Waals surface area contributed by atoms with Crippen molar-refractivity contribution in [3.63, 3.8) is 0 Å². The Morgan fingerprint density at radius 3 is 2.32 bits per heavy atom. The average molecular weight is 460 g/mol. The molecule has 2 rings (SSSR count). The second-order valence-electron chi connectivity index (χ2n) is 8.07. The molecule has 164 valence electrons. The monoisotopic (exact) mass is 459 g/mol. The van der Waals surface area contributed by atoms with Crippen LogP contribution in [0.1, 0.15) is 45.1 Å². The zero-order valence-corrected chi connectivity index (χ0v) is 19.4. The van der Waals surface area contributed by atoms with E-state index >= 15 is 0 Å². The van der Waals surface area contributed by atoms with Crippen molar-refractivity contribution in [1.29, 1.82) is 5.26 Å². The van der Waals surface area contributed by atoms with Gasteiger partial charge in [0, 0.05) is 0 Å². The molecule has 1 N–H and O–H groups in total. The minimum Gasteiger partial charge on any atom is -0.481 e. The van der Waals surface area contributed by atoms with Crippen LogP contribution in [0.5, 0.6) is 11.5 Å². The number of halogens is 2. The number of nitriles is 1. The van der Waals surface area contributed by atoms with Crippen LogP contribution < -0.4 is 4.74 Å². The number of ether oxygens (including phenoxy) is 1. The molecule has 0 heterocycles. The number of hydrogen-bond donors (Lipinski definition) is 1.